The second-order valence-electron chi connectivity index (χ2n) is 9.90. The van der Waals surface area contributed by atoms with Gasteiger partial charge >= 0.3 is 12.3 Å². The van der Waals surface area contributed by atoms with Crippen LogP contribution in [0.2, 0.25) is 15.1 Å². The van der Waals surface area contributed by atoms with Crippen LogP contribution in [-0.4, -0.2) is 35.9 Å². The summed E-state index contributed by atoms with van der Waals surface area (Å²) in [4.78, 5) is 13.4. The molecule has 0 N–H and O–H groups in total. The molecule has 36 heavy (non-hydrogen) atoms. The minimum absolute atomic E-state index is 0.0532. The van der Waals surface area contributed by atoms with E-state index >= 15 is 4.39 Å². The molecule has 194 valence electrons. The Bertz CT molecular complexity index is 1200. The average Bonchev–Trinajstić information content (AvgIpc) is 3.21. The summed E-state index contributed by atoms with van der Waals surface area (Å²) in [6, 6.07) is 8.21. The van der Waals surface area contributed by atoms with Crippen LogP contribution in [0.5, 0.6) is 0 Å². The smallest absolute Gasteiger partial charge is 0.432 e. The zero-order valence-corrected chi connectivity index (χ0v) is 21.7. The van der Waals surface area contributed by atoms with Crippen molar-refractivity contribution in [3.8, 4) is 0 Å². The van der Waals surface area contributed by atoms with Gasteiger partial charge in [-0.25, -0.2) is 9.18 Å². The number of carbonyl (C=O) groups excluding carboxylic acids is 1. The molecular weight excluding hydrogens is 545 g/mol. The summed E-state index contributed by atoms with van der Waals surface area (Å²) in [5.41, 5.74) is -4.45. The topological polar surface area (TPSA) is 38.8 Å². The Hall–Kier alpha value is -2.16. The Balaban J connectivity index is 1.52. The first-order valence-electron chi connectivity index (χ1n) is 10.9. The van der Waals surface area contributed by atoms with Crippen LogP contribution in [0.15, 0.2) is 42.7 Å². The van der Waals surface area contributed by atoms with E-state index in [0.717, 1.165) is 18.4 Å². The van der Waals surface area contributed by atoms with Crippen LogP contribution in [-0.2, 0) is 20.7 Å². The molecule has 2 heterocycles. The monoisotopic (exact) mass is 565 g/mol. The third kappa shape index (κ3) is 4.87. The standard InChI is InChI=1S/C25H22Cl3F4NO3/c1-22(2,3)36-21(34)33-12-23(29,13-33)16-6-4-14(5-7-16)15-10-24(35-11-15,25(30,31)32)17-8-18(26)20(28)19(27)9-17/h4-9,11H,10,12-13H2,1-3H3. The van der Waals surface area contributed by atoms with E-state index in [1.807, 2.05) is 0 Å². The maximum absolute atomic E-state index is 15.3. The summed E-state index contributed by atoms with van der Waals surface area (Å²) in [7, 11) is 0. The lowest BCUT2D eigenvalue weighted by Crippen LogP contribution is -2.59. The quantitative estimate of drug-likeness (QED) is 0.277. The molecule has 1 fully saturated rings. The second kappa shape index (κ2) is 8.99. The zero-order chi connectivity index (χ0) is 26.7. The van der Waals surface area contributed by atoms with E-state index in [0.29, 0.717) is 11.1 Å². The van der Waals surface area contributed by atoms with Gasteiger partial charge in [-0.2, -0.15) is 13.2 Å². The number of likely N-dealkylation sites (tertiary alicyclic amines) is 1. The molecule has 0 radical (unpaired) electrons. The van der Waals surface area contributed by atoms with Gasteiger partial charge in [-0.15, -0.1) is 0 Å². The molecule has 2 aliphatic rings. The normalized spacial score (nSPS) is 21.5. The molecule has 2 aromatic carbocycles. The van der Waals surface area contributed by atoms with E-state index in [4.69, 9.17) is 44.3 Å². The third-order valence-electron chi connectivity index (χ3n) is 6.06. The van der Waals surface area contributed by atoms with Crippen LogP contribution in [0, 0.1) is 0 Å². The number of alkyl halides is 4. The van der Waals surface area contributed by atoms with E-state index in [2.05, 4.69) is 0 Å². The van der Waals surface area contributed by atoms with Crippen LogP contribution in [0.1, 0.15) is 43.9 Å². The number of ether oxygens (including phenoxy) is 2. The Morgan fingerprint density at radius 1 is 1.00 bits per heavy atom. The first kappa shape index (κ1) is 26.9. The molecule has 4 rings (SSSR count). The highest BCUT2D eigenvalue weighted by Crippen LogP contribution is 2.53. The maximum atomic E-state index is 15.3. The van der Waals surface area contributed by atoms with Gasteiger partial charge in [0.1, 0.15) is 5.60 Å². The molecule has 0 aliphatic carbocycles. The molecule has 1 saturated heterocycles. The van der Waals surface area contributed by atoms with Crippen molar-refractivity contribution in [1.82, 2.24) is 4.90 Å². The molecule has 2 aromatic rings. The van der Waals surface area contributed by atoms with Crippen LogP contribution in [0.25, 0.3) is 5.57 Å². The summed E-state index contributed by atoms with van der Waals surface area (Å²) < 4.78 is 68.6. The highest BCUT2D eigenvalue weighted by atomic mass is 35.5. The van der Waals surface area contributed by atoms with Gasteiger partial charge in [0, 0.05) is 12.0 Å². The van der Waals surface area contributed by atoms with Crippen LogP contribution >= 0.6 is 34.8 Å². The van der Waals surface area contributed by atoms with Crippen molar-refractivity contribution in [2.24, 2.45) is 0 Å². The van der Waals surface area contributed by atoms with Gasteiger partial charge in [-0.05, 0) is 49.6 Å². The van der Waals surface area contributed by atoms with Crippen LogP contribution < -0.4 is 0 Å². The minimum atomic E-state index is -4.80. The molecule has 1 amide bonds. The number of carbonyl (C=O) groups is 1. The molecular formula is C25H22Cl3F4NO3. The molecule has 4 nitrogen and oxygen atoms in total. The van der Waals surface area contributed by atoms with Gasteiger partial charge in [-0.1, -0.05) is 59.1 Å². The lowest BCUT2D eigenvalue weighted by molar-refractivity contribution is -0.260. The summed E-state index contributed by atoms with van der Waals surface area (Å²) >= 11 is 17.9. The van der Waals surface area contributed by atoms with Gasteiger partial charge in [-0.3, -0.25) is 0 Å². The van der Waals surface area contributed by atoms with Crippen molar-refractivity contribution in [2.75, 3.05) is 13.1 Å². The molecule has 0 aromatic heterocycles. The molecule has 0 bridgehead atoms. The highest BCUT2D eigenvalue weighted by Gasteiger charge is 2.60. The average molecular weight is 567 g/mol. The molecule has 2 aliphatic heterocycles. The van der Waals surface area contributed by atoms with Crippen LogP contribution in [0.4, 0.5) is 22.4 Å². The number of amides is 1. The molecule has 0 spiro atoms. The Morgan fingerprint density at radius 2 is 1.56 bits per heavy atom. The largest absolute Gasteiger partial charge is 0.480 e. The molecule has 11 heteroatoms. The van der Waals surface area contributed by atoms with E-state index in [-0.39, 0.29) is 39.3 Å². The number of rotatable bonds is 3. The summed E-state index contributed by atoms with van der Waals surface area (Å²) in [6.07, 6.45) is -4.91. The van der Waals surface area contributed by atoms with E-state index in [1.165, 1.54) is 29.2 Å². The summed E-state index contributed by atoms with van der Waals surface area (Å²) in [6.45, 7) is 4.80. The fourth-order valence-electron chi connectivity index (χ4n) is 4.16. The van der Waals surface area contributed by atoms with Crippen molar-refractivity contribution in [3.05, 3.63) is 74.4 Å². The van der Waals surface area contributed by atoms with Gasteiger partial charge in [0.25, 0.3) is 0 Å². The molecule has 0 saturated carbocycles. The lowest BCUT2D eigenvalue weighted by Gasteiger charge is -2.44. The lowest BCUT2D eigenvalue weighted by atomic mass is 9.84. The fraction of sp³-hybridized carbons (Fsp3) is 0.400. The number of benzene rings is 2. The predicted molar refractivity (Wildman–Crippen MR) is 130 cm³/mol. The number of hydrogen-bond acceptors (Lipinski definition) is 3. The highest BCUT2D eigenvalue weighted by molar-refractivity contribution is 6.48. The Kier molecular flexibility index (Phi) is 6.72. The number of halogens is 7. The third-order valence-corrected chi connectivity index (χ3v) is 7.25. The summed E-state index contributed by atoms with van der Waals surface area (Å²) in [5.74, 6) is 0. The fourth-order valence-corrected chi connectivity index (χ4v) is 4.76. The Labute approximate surface area is 220 Å². The SMILES string of the molecule is CC(C)(C)OC(=O)N1CC(F)(c2ccc(C3=COC(c4cc(Cl)c(Cl)c(Cl)c4)(C(F)(F)F)C3)cc2)C1. The number of nitrogens with zero attached hydrogens (tertiary/aromatic N) is 1. The van der Waals surface area contributed by atoms with Crippen molar-refractivity contribution < 1.29 is 31.8 Å². The van der Waals surface area contributed by atoms with Crippen molar-refractivity contribution in [3.63, 3.8) is 0 Å². The van der Waals surface area contributed by atoms with Gasteiger partial charge in [0.15, 0.2) is 5.67 Å². The van der Waals surface area contributed by atoms with Crippen molar-refractivity contribution in [2.45, 2.75) is 50.2 Å². The second-order valence-corrected chi connectivity index (χ2v) is 11.1. The first-order chi connectivity index (χ1) is 16.5. The minimum Gasteiger partial charge on any atom is -0.480 e. The van der Waals surface area contributed by atoms with Gasteiger partial charge in [0.05, 0.1) is 34.4 Å². The van der Waals surface area contributed by atoms with E-state index < -0.39 is 35.6 Å². The Morgan fingerprint density at radius 3 is 2.06 bits per heavy atom. The van der Waals surface area contributed by atoms with E-state index in [1.54, 1.807) is 20.8 Å². The first-order valence-corrected chi connectivity index (χ1v) is 12.0. The van der Waals surface area contributed by atoms with Gasteiger partial charge < -0.3 is 14.4 Å². The maximum Gasteiger partial charge on any atom is 0.432 e. The van der Waals surface area contributed by atoms with E-state index in [9.17, 15) is 18.0 Å². The molecule has 1 atom stereocenters. The zero-order valence-electron chi connectivity index (χ0n) is 19.5. The van der Waals surface area contributed by atoms with Crippen LogP contribution in [0.3, 0.4) is 0 Å². The predicted octanol–water partition coefficient (Wildman–Crippen LogP) is 8.28. The van der Waals surface area contributed by atoms with Crippen molar-refractivity contribution >= 4 is 46.5 Å². The molecule has 1 unspecified atom stereocenters. The van der Waals surface area contributed by atoms with Crippen molar-refractivity contribution in [1.29, 1.82) is 0 Å². The summed E-state index contributed by atoms with van der Waals surface area (Å²) in [5, 5.41) is -0.306. The number of hydrogen-bond donors (Lipinski definition) is 0. The van der Waals surface area contributed by atoms with Gasteiger partial charge in [0.2, 0.25) is 5.60 Å².